The molecule has 0 fully saturated rings. The molecule has 0 spiro atoms. The van der Waals surface area contributed by atoms with Gasteiger partial charge in [-0.05, 0) is 12.1 Å². The molecule has 0 atom stereocenters. The lowest BCUT2D eigenvalue weighted by Gasteiger charge is -2.24. The predicted molar refractivity (Wildman–Crippen MR) is 104 cm³/mol. The normalized spacial score (nSPS) is 15.7. The van der Waals surface area contributed by atoms with E-state index in [-0.39, 0.29) is 23.7 Å². The van der Waals surface area contributed by atoms with Crippen LogP contribution in [0, 0.1) is 10.8 Å². The Morgan fingerprint density at radius 3 is 2.38 bits per heavy atom. The van der Waals surface area contributed by atoms with E-state index >= 15 is 0 Å². The third kappa shape index (κ3) is 3.30. The zero-order valence-corrected chi connectivity index (χ0v) is 16.5. The van der Waals surface area contributed by atoms with Crippen molar-refractivity contribution in [3.63, 3.8) is 0 Å². The van der Waals surface area contributed by atoms with Gasteiger partial charge in [-0.2, -0.15) is 5.10 Å². The van der Waals surface area contributed by atoms with Gasteiger partial charge in [-0.25, -0.2) is 5.01 Å². The number of carbonyl (C=O) groups excluding carboxylic acids is 2. The SMILES string of the molecule is CC(C)(C)C(=O)CN1N=C(C(C)(C)C)Cn2c(cc3ccccc32)C1=O. The first kappa shape index (κ1) is 18.4. The first-order valence-corrected chi connectivity index (χ1v) is 9.00. The molecule has 1 aromatic carbocycles. The Bertz CT molecular complexity index is 907. The lowest BCUT2D eigenvalue weighted by molar-refractivity contribution is -0.127. The van der Waals surface area contributed by atoms with Crippen LogP contribution >= 0.6 is 0 Å². The Hall–Kier alpha value is -2.43. The molecule has 26 heavy (non-hydrogen) atoms. The van der Waals surface area contributed by atoms with E-state index < -0.39 is 5.41 Å². The summed E-state index contributed by atoms with van der Waals surface area (Å²) >= 11 is 0. The van der Waals surface area contributed by atoms with E-state index in [4.69, 9.17) is 0 Å². The fraction of sp³-hybridized carbons (Fsp3) is 0.476. The van der Waals surface area contributed by atoms with Gasteiger partial charge in [0.15, 0.2) is 5.78 Å². The van der Waals surface area contributed by atoms with Crippen LogP contribution in [0.2, 0.25) is 0 Å². The van der Waals surface area contributed by atoms with E-state index in [1.165, 1.54) is 5.01 Å². The number of ketones is 1. The van der Waals surface area contributed by atoms with Crippen LogP contribution in [0.15, 0.2) is 35.4 Å². The van der Waals surface area contributed by atoms with Gasteiger partial charge < -0.3 is 4.57 Å². The van der Waals surface area contributed by atoms with Crippen molar-refractivity contribution >= 4 is 28.3 Å². The van der Waals surface area contributed by atoms with Crippen molar-refractivity contribution in [2.75, 3.05) is 6.54 Å². The van der Waals surface area contributed by atoms with Crippen LogP contribution < -0.4 is 0 Å². The number of aromatic nitrogens is 1. The van der Waals surface area contributed by atoms with Gasteiger partial charge in [0.1, 0.15) is 12.2 Å². The third-order valence-electron chi connectivity index (χ3n) is 4.81. The molecular weight excluding hydrogens is 326 g/mol. The average Bonchev–Trinajstić information content (AvgIpc) is 2.83. The number of hydrogen-bond acceptors (Lipinski definition) is 3. The lowest BCUT2D eigenvalue weighted by Crippen LogP contribution is -2.37. The van der Waals surface area contributed by atoms with Gasteiger partial charge in [-0.15, -0.1) is 0 Å². The Balaban J connectivity index is 2.13. The van der Waals surface area contributed by atoms with Crippen molar-refractivity contribution in [2.24, 2.45) is 15.9 Å². The Morgan fingerprint density at radius 2 is 1.77 bits per heavy atom. The Morgan fingerprint density at radius 1 is 1.12 bits per heavy atom. The molecule has 2 heterocycles. The molecule has 0 saturated heterocycles. The number of para-hydroxylation sites is 1. The van der Waals surface area contributed by atoms with Gasteiger partial charge in [-0.3, -0.25) is 9.59 Å². The third-order valence-corrected chi connectivity index (χ3v) is 4.81. The summed E-state index contributed by atoms with van der Waals surface area (Å²) in [6, 6.07) is 9.85. The highest BCUT2D eigenvalue weighted by molar-refractivity contribution is 6.04. The molecule has 0 bridgehead atoms. The monoisotopic (exact) mass is 353 g/mol. The van der Waals surface area contributed by atoms with Gasteiger partial charge in [0.25, 0.3) is 5.91 Å². The van der Waals surface area contributed by atoms with E-state index in [2.05, 4.69) is 25.9 Å². The number of nitrogens with zero attached hydrogens (tertiary/aromatic N) is 3. The molecule has 3 rings (SSSR count). The molecule has 0 radical (unpaired) electrons. The molecule has 5 nitrogen and oxygen atoms in total. The fourth-order valence-corrected chi connectivity index (χ4v) is 2.93. The Kier molecular flexibility index (Phi) is 4.29. The topological polar surface area (TPSA) is 54.7 Å². The van der Waals surface area contributed by atoms with Crippen LogP contribution in [-0.4, -0.2) is 33.5 Å². The summed E-state index contributed by atoms with van der Waals surface area (Å²) in [5, 5.41) is 7.01. The summed E-state index contributed by atoms with van der Waals surface area (Å²) in [6.45, 7) is 12.4. The van der Waals surface area contributed by atoms with Crippen molar-refractivity contribution in [3.05, 3.63) is 36.0 Å². The molecule has 1 aromatic heterocycles. The second-order valence-electron chi connectivity index (χ2n) is 9.01. The molecule has 5 heteroatoms. The van der Waals surface area contributed by atoms with Gasteiger partial charge >= 0.3 is 0 Å². The minimum absolute atomic E-state index is 0.00702. The van der Waals surface area contributed by atoms with Crippen molar-refractivity contribution in [3.8, 4) is 0 Å². The van der Waals surface area contributed by atoms with Crippen LogP contribution in [0.3, 0.4) is 0 Å². The number of rotatable bonds is 2. The van der Waals surface area contributed by atoms with Crippen LogP contribution in [0.5, 0.6) is 0 Å². The van der Waals surface area contributed by atoms with E-state index in [1.54, 1.807) is 0 Å². The highest BCUT2D eigenvalue weighted by atomic mass is 16.2. The number of benzene rings is 1. The fourth-order valence-electron chi connectivity index (χ4n) is 2.93. The second kappa shape index (κ2) is 6.08. The molecule has 1 aliphatic rings. The number of hydrogen-bond donors (Lipinski definition) is 0. The van der Waals surface area contributed by atoms with Gasteiger partial charge in [-0.1, -0.05) is 59.7 Å². The molecule has 1 aliphatic heterocycles. The number of carbonyl (C=O) groups is 2. The summed E-state index contributed by atoms with van der Waals surface area (Å²) < 4.78 is 2.02. The highest BCUT2D eigenvalue weighted by Crippen LogP contribution is 2.28. The number of fused-ring (bicyclic) bond motifs is 3. The maximum atomic E-state index is 13.2. The molecule has 1 amide bonds. The number of hydrazone groups is 1. The van der Waals surface area contributed by atoms with E-state index in [9.17, 15) is 9.59 Å². The summed E-state index contributed by atoms with van der Waals surface area (Å²) in [5.41, 5.74) is 1.74. The smallest absolute Gasteiger partial charge is 0.291 e. The maximum Gasteiger partial charge on any atom is 0.291 e. The first-order chi connectivity index (χ1) is 12.0. The van der Waals surface area contributed by atoms with Gasteiger partial charge in [0, 0.05) is 21.7 Å². The quantitative estimate of drug-likeness (QED) is 0.816. The van der Waals surface area contributed by atoms with Crippen molar-refractivity contribution in [1.29, 1.82) is 0 Å². The summed E-state index contributed by atoms with van der Waals surface area (Å²) in [5.74, 6) is -0.231. The van der Waals surface area contributed by atoms with E-state index in [0.717, 1.165) is 16.6 Å². The summed E-state index contributed by atoms with van der Waals surface area (Å²) in [6.07, 6.45) is 0. The van der Waals surface area contributed by atoms with Crippen molar-refractivity contribution in [1.82, 2.24) is 9.58 Å². The molecule has 0 unspecified atom stereocenters. The minimum Gasteiger partial charge on any atom is -0.331 e. The second-order valence-corrected chi connectivity index (χ2v) is 9.01. The lowest BCUT2D eigenvalue weighted by atomic mass is 9.89. The van der Waals surface area contributed by atoms with Crippen LogP contribution in [0.1, 0.15) is 52.0 Å². The summed E-state index contributed by atoms with van der Waals surface area (Å²) in [7, 11) is 0. The van der Waals surface area contributed by atoms with E-state index in [1.807, 2.05) is 55.7 Å². The largest absolute Gasteiger partial charge is 0.331 e. The zero-order chi connectivity index (χ0) is 19.3. The average molecular weight is 353 g/mol. The molecule has 0 aliphatic carbocycles. The predicted octanol–water partition coefficient (Wildman–Crippen LogP) is 4.11. The number of Topliss-reactive ketones (excluding diaryl/α,β-unsaturated/α-hetero) is 1. The van der Waals surface area contributed by atoms with Crippen LogP contribution in [-0.2, 0) is 11.3 Å². The van der Waals surface area contributed by atoms with Gasteiger partial charge in [0.2, 0.25) is 0 Å². The van der Waals surface area contributed by atoms with E-state index in [0.29, 0.717) is 12.2 Å². The molecule has 0 N–H and O–H groups in total. The highest BCUT2D eigenvalue weighted by Gasteiger charge is 2.33. The van der Waals surface area contributed by atoms with Gasteiger partial charge in [0.05, 0.1) is 12.3 Å². The molecule has 138 valence electrons. The first-order valence-electron chi connectivity index (χ1n) is 9.00. The van der Waals surface area contributed by atoms with Crippen molar-refractivity contribution < 1.29 is 9.59 Å². The standard InChI is InChI=1S/C21H27N3O2/c1-20(2,3)17-12-23-15-10-8-7-9-14(15)11-16(23)19(26)24(22-17)13-18(25)21(4,5)6/h7-11H,12-13H2,1-6H3. The number of amides is 1. The minimum atomic E-state index is -0.517. The van der Waals surface area contributed by atoms with Crippen LogP contribution in [0.4, 0.5) is 0 Å². The zero-order valence-electron chi connectivity index (χ0n) is 16.5. The molecule has 2 aromatic rings. The summed E-state index contributed by atoms with van der Waals surface area (Å²) in [4.78, 5) is 25.7. The maximum absolute atomic E-state index is 13.2. The molecular formula is C21H27N3O2. The molecule has 0 saturated carbocycles. The Labute approximate surface area is 154 Å². The van der Waals surface area contributed by atoms with Crippen LogP contribution in [0.25, 0.3) is 10.9 Å². The van der Waals surface area contributed by atoms with Crippen molar-refractivity contribution in [2.45, 2.75) is 48.1 Å².